The van der Waals surface area contributed by atoms with Crippen LogP contribution in [0.15, 0.2) is 42.5 Å². The van der Waals surface area contributed by atoms with Crippen LogP contribution in [0, 0.1) is 6.92 Å². The molecule has 0 aliphatic carbocycles. The minimum Gasteiger partial charge on any atom is -0.390 e. The summed E-state index contributed by atoms with van der Waals surface area (Å²) in [5, 5.41) is 12.7. The summed E-state index contributed by atoms with van der Waals surface area (Å²) in [7, 11) is 0. The van der Waals surface area contributed by atoms with Crippen molar-refractivity contribution in [1.29, 1.82) is 0 Å². The number of carbonyl (C=O) groups excluding carboxylic acids is 1. The second-order valence-corrected chi connectivity index (χ2v) is 7.37. The number of nitrogens with zero attached hydrogens (tertiary/aromatic N) is 1. The van der Waals surface area contributed by atoms with Crippen LogP contribution in [0.4, 0.5) is 0 Å². The zero-order chi connectivity index (χ0) is 18.7. The van der Waals surface area contributed by atoms with Crippen LogP contribution in [0.3, 0.4) is 0 Å². The highest BCUT2D eigenvalue weighted by atomic mass is 16.3. The fraction of sp³-hybridized carbons (Fsp3) is 0.333. The highest BCUT2D eigenvalue weighted by Gasteiger charge is 2.12. The van der Waals surface area contributed by atoms with E-state index >= 15 is 0 Å². The Labute approximate surface area is 153 Å². The zero-order valence-corrected chi connectivity index (χ0v) is 15.5. The van der Waals surface area contributed by atoms with Crippen LogP contribution in [0.1, 0.15) is 47.6 Å². The Hall–Kier alpha value is -2.66. The van der Waals surface area contributed by atoms with Gasteiger partial charge in [0.2, 0.25) is 0 Å². The van der Waals surface area contributed by atoms with Crippen molar-refractivity contribution in [3.63, 3.8) is 0 Å². The number of aliphatic hydroxyl groups is 1. The zero-order valence-electron chi connectivity index (χ0n) is 15.5. The van der Waals surface area contributed by atoms with E-state index in [4.69, 9.17) is 0 Å². The lowest BCUT2D eigenvalue weighted by Crippen LogP contribution is -2.22. The van der Waals surface area contributed by atoms with E-state index in [1.807, 2.05) is 49.4 Å². The van der Waals surface area contributed by atoms with E-state index in [9.17, 15) is 9.90 Å². The highest BCUT2D eigenvalue weighted by molar-refractivity contribution is 5.94. The maximum absolute atomic E-state index is 12.3. The third-order valence-corrected chi connectivity index (χ3v) is 4.36. The second-order valence-electron chi connectivity index (χ2n) is 7.37. The first kappa shape index (κ1) is 18.1. The van der Waals surface area contributed by atoms with E-state index in [0.29, 0.717) is 18.5 Å². The van der Waals surface area contributed by atoms with Crippen LogP contribution < -0.4 is 5.32 Å². The quantitative estimate of drug-likeness (QED) is 0.636. The van der Waals surface area contributed by atoms with Gasteiger partial charge >= 0.3 is 0 Å². The molecule has 0 saturated carbocycles. The number of H-pyrrole nitrogens is 1. The summed E-state index contributed by atoms with van der Waals surface area (Å²) in [5.74, 6) is 0.783. The van der Waals surface area contributed by atoms with Crippen LogP contribution in [-0.2, 0) is 13.0 Å². The Balaban J connectivity index is 1.58. The minimum atomic E-state index is -0.676. The smallest absolute Gasteiger partial charge is 0.251 e. The average Bonchev–Trinajstić information content (AvgIpc) is 2.97. The van der Waals surface area contributed by atoms with Crippen molar-refractivity contribution in [1.82, 2.24) is 15.3 Å². The van der Waals surface area contributed by atoms with E-state index in [-0.39, 0.29) is 5.91 Å². The second kappa shape index (κ2) is 7.30. The molecule has 3 aromatic rings. The van der Waals surface area contributed by atoms with Crippen molar-refractivity contribution in [2.75, 3.05) is 0 Å². The van der Waals surface area contributed by atoms with Crippen LogP contribution in [0.2, 0.25) is 0 Å². The van der Waals surface area contributed by atoms with Crippen LogP contribution in [0.25, 0.3) is 11.0 Å². The van der Waals surface area contributed by atoms with Gasteiger partial charge in [-0.2, -0.15) is 0 Å². The van der Waals surface area contributed by atoms with Crippen molar-refractivity contribution < 1.29 is 9.90 Å². The van der Waals surface area contributed by atoms with Gasteiger partial charge in [-0.15, -0.1) is 0 Å². The van der Waals surface area contributed by atoms with Crippen LogP contribution >= 0.6 is 0 Å². The van der Waals surface area contributed by atoms with Crippen molar-refractivity contribution >= 4 is 16.9 Å². The number of aryl methyl sites for hydroxylation is 2. The number of nitrogens with one attached hydrogen (secondary N) is 2. The Morgan fingerprint density at radius 3 is 2.54 bits per heavy atom. The van der Waals surface area contributed by atoms with E-state index in [1.165, 1.54) is 0 Å². The van der Waals surface area contributed by atoms with Crippen LogP contribution in [-0.4, -0.2) is 26.6 Å². The summed E-state index contributed by atoms with van der Waals surface area (Å²) in [5.41, 5.74) is 4.00. The molecule has 0 unspecified atom stereocenters. The molecule has 0 aliphatic rings. The monoisotopic (exact) mass is 351 g/mol. The number of fused-ring (bicyclic) bond motifs is 1. The summed E-state index contributed by atoms with van der Waals surface area (Å²) >= 11 is 0. The predicted octanol–water partition coefficient (Wildman–Crippen LogP) is 3.50. The molecular formula is C21H25N3O2. The first-order valence-corrected chi connectivity index (χ1v) is 8.85. The molecule has 1 aromatic heterocycles. The van der Waals surface area contributed by atoms with Gasteiger partial charge in [0.25, 0.3) is 5.91 Å². The number of hydrogen-bond acceptors (Lipinski definition) is 3. The van der Waals surface area contributed by atoms with Crippen molar-refractivity contribution in [3.05, 3.63) is 65.0 Å². The molecule has 0 spiro atoms. The molecule has 0 aliphatic heterocycles. The third kappa shape index (κ3) is 4.70. The fourth-order valence-corrected chi connectivity index (χ4v) is 2.85. The van der Waals surface area contributed by atoms with Gasteiger partial charge < -0.3 is 15.4 Å². The molecule has 0 bridgehead atoms. The number of benzene rings is 2. The summed E-state index contributed by atoms with van der Waals surface area (Å²) in [6, 6.07) is 13.5. The number of imidazole rings is 1. The molecule has 26 heavy (non-hydrogen) atoms. The van der Waals surface area contributed by atoms with E-state index in [0.717, 1.165) is 34.4 Å². The predicted molar refractivity (Wildman–Crippen MR) is 103 cm³/mol. The fourth-order valence-electron chi connectivity index (χ4n) is 2.85. The van der Waals surface area contributed by atoms with Crippen molar-refractivity contribution in [3.8, 4) is 0 Å². The van der Waals surface area contributed by atoms with E-state index in [2.05, 4.69) is 15.3 Å². The summed E-state index contributed by atoms with van der Waals surface area (Å²) in [6.07, 6.45) is 1.48. The Bertz CT molecular complexity index is 905. The Morgan fingerprint density at radius 1 is 1.15 bits per heavy atom. The number of aromatic amines is 1. The third-order valence-electron chi connectivity index (χ3n) is 4.36. The van der Waals surface area contributed by atoms with Gasteiger partial charge in [0.15, 0.2) is 0 Å². The number of carbonyl (C=O) groups is 1. The molecule has 1 amide bonds. The standard InChI is InChI=1S/C21H25N3O2/c1-14-23-18-9-6-16(12-19(18)24-14)13-22-20(25)17-7-4-15(5-8-17)10-11-21(2,3)26/h4-9,12,26H,10-11,13H2,1-3H3,(H,22,25)(H,23,24). The highest BCUT2D eigenvalue weighted by Crippen LogP contribution is 2.15. The normalized spacial score (nSPS) is 11.7. The van der Waals surface area contributed by atoms with Gasteiger partial charge in [-0.1, -0.05) is 18.2 Å². The molecule has 3 N–H and O–H groups in total. The molecular weight excluding hydrogens is 326 g/mol. The molecule has 0 fully saturated rings. The SMILES string of the molecule is Cc1nc2ccc(CNC(=O)c3ccc(CCC(C)(C)O)cc3)cc2[nH]1. The lowest BCUT2D eigenvalue weighted by atomic mass is 9.98. The Morgan fingerprint density at radius 2 is 1.85 bits per heavy atom. The lowest BCUT2D eigenvalue weighted by Gasteiger charge is -2.16. The molecule has 3 rings (SSSR count). The van der Waals surface area contributed by atoms with E-state index in [1.54, 1.807) is 13.8 Å². The molecule has 5 nitrogen and oxygen atoms in total. The first-order chi connectivity index (χ1) is 12.3. The molecule has 0 radical (unpaired) electrons. The van der Waals surface area contributed by atoms with Crippen molar-refractivity contribution in [2.24, 2.45) is 0 Å². The molecule has 1 heterocycles. The average molecular weight is 351 g/mol. The van der Waals surface area contributed by atoms with Crippen molar-refractivity contribution in [2.45, 2.75) is 45.8 Å². The lowest BCUT2D eigenvalue weighted by molar-refractivity contribution is 0.0713. The maximum atomic E-state index is 12.3. The van der Waals surface area contributed by atoms with Crippen LogP contribution in [0.5, 0.6) is 0 Å². The first-order valence-electron chi connectivity index (χ1n) is 8.85. The van der Waals surface area contributed by atoms with Gasteiger partial charge in [0.1, 0.15) is 5.82 Å². The number of hydrogen-bond donors (Lipinski definition) is 3. The van der Waals surface area contributed by atoms with Gasteiger partial charge in [0, 0.05) is 12.1 Å². The summed E-state index contributed by atoms with van der Waals surface area (Å²) < 4.78 is 0. The van der Waals surface area contributed by atoms with Gasteiger partial charge in [0.05, 0.1) is 16.6 Å². The summed E-state index contributed by atoms with van der Waals surface area (Å²) in [4.78, 5) is 19.9. The summed E-state index contributed by atoms with van der Waals surface area (Å²) in [6.45, 7) is 5.99. The molecule has 2 aromatic carbocycles. The number of rotatable bonds is 6. The number of aromatic nitrogens is 2. The van der Waals surface area contributed by atoms with Gasteiger partial charge in [-0.05, 0) is 69.0 Å². The van der Waals surface area contributed by atoms with E-state index < -0.39 is 5.60 Å². The topological polar surface area (TPSA) is 78.0 Å². The number of amides is 1. The maximum Gasteiger partial charge on any atom is 0.251 e. The van der Waals surface area contributed by atoms with Gasteiger partial charge in [-0.3, -0.25) is 4.79 Å². The van der Waals surface area contributed by atoms with Gasteiger partial charge in [-0.25, -0.2) is 4.98 Å². The molecule has 5 heteroatoms. The minimum absolute atomic E-state index is 0.0973. The molecule has 0 atom stereocenters. The Kier molecular flexibility index (Phi) is 5.09. The molecule has 136 valence electrons. The molecule has 0 saturated heterocycles. The largest absolute Gasteiger partial charge is 0.390 e.